The molecule has 47 heavy (non-hydrogen) atoms. The normalized spacial score (nSPS) is 9.94. The predicted octanol–water partition coefficient (Wildman–Crippen LogP) is 6.63. The summed E-state index contributed by atoms with van der Waals surface area (Å²) < 4.78 is 36.2. The first kappa shape index (κ1) is 35.3. The zero-order valence-corrected chi connectivity index (χ0v) is 26.5. The third-order valence-corrected chi connectivity index (χ3v) is 5.88. The molecular weight excluding hydrogens is 603 g/mol. The second-order valence-electron chi connectivity index (χ2n) is 10.6. The van der Waals surface area contributed by atoms with Gasteiger partial charge in [0.2, 0.25) is 0 Å². The molecule has 0 atom stereocenters. The summed E-state index contributed by atoms with van der Waals surface area (Å²) in [5.74, 6) is 7.42. The molecule has 0 aromatic heterocycles. The summed E-state index contributed by atoms with van der Waals surface area (Å²) in [7, 11) is 0. The Kier molecular flexibility index (Phi) is 11.8. The van der Waals surface area contributed by atoms with Crippen LogP contribution in [0, 0.1) is 35.4 Å². The Bertz CT molecular complexity index is 1940. The maximum Gasteiger partial charge on any atom is 0.338 e. The summed E-state index contributed by atoms with van der Waals surface area (Å²) in [5, 5.41) is 0. The highest BCUT2D eigenvalue weighted by Gasteiger charge is 2.18. The van der Waals surface area contributed by atoms with Gasteiger partial charge in [-0.05, 0) is 63.2 Å². The van der Waals surface area contributed by atoms with Crippen molar-refractivity contribution >= 4 is 23.9 Å². The van der Waals surface area contributed by atoms with Crippen molar-refractivity contribution in [2.24, 2.45) is 5.92 Å². The van der Waals surface area contributed by atoms with E-state index in [1.54, 1.807) is 26.0 Å². The fourth-order valence-electron chi connectivity index (χ4n) is 3.27. The predicted molar refractivity (Wildman–Crippen MR) is 173 cm³/mol. The van der Waals surface area contributed by atoms with Crippen molar-refractivity contribution in [2.45, 2.75) is 34.6 Å². The largest absolute Gasteiger partial charge is 0.422 e. The lowest BCUT2D eigenvalue weighted by molar-refractivity contribution is -0.138. The van der Waals surface area contributed by atoms with Crippen molar-refractivity contribution < 1.29 is 42.5 Å². The minimum absolute atomic E-state index is 0.00951. The van der Waals surface area contributed by atoms with Crippen LogP contribution in [0.4, 0.5) is 4.39 Å². The summed E-state index contributed by atoms with van der Waals surface area (Å²) in [4.78, 5) is 48.4. The van der Waals surface area contributed by atoms with E-state index in [1.807, 2.05) is 0 Å². The van der Waals surface area contributed by atoms with Crippen LogP contribution in [0.1, 0.15) is 56.9 Å². The van der Waals surface area contributed by atoms with E-state index in [-0.39, 0.29) is 45.3 Å². The molecule has 0 bridgehead atoms. The number of hydrogen-bond donors (Lipinski definition) is 0. The van der Waals surface area contributed by atoms with Gasteiger partial charge in [0, 0.05) is 45.5 Å². The first-order valence-electron chi connectivity index (χ1n) is 14.1. The first-order valence-corrected chi connectivity index (χ1v) is 14.1. The van der Waals surface area contributed by atoms with Crippen LogP contribution < -0.4 is 18.9 Å². The van der Waals surface area contributed by atoms with Crippen LogP contribution >= 0.6 is 0 Å². The van der Waals surface area contributed by atoms with Gasteiger partial charge in [-0.1, -0.05) is 57.3 Å². The topological polar surface area (TPSA) is 105 Å². The third-order valence-electron chi connectivity index (χ3n) is 5.88. The molecule has 0 N–H and O–H groups in total. The van der Waals surface area contributed by atoms with Gasteiger partial charge in [0.1, 0.15) is 5.82 Å². The molecule has 3 aromatic carbocycles. The van der Waals surface area contributed by atoms with Crippen molar-refractivity contribution in [1.29, 1.82) is 0 Å². The Morgan fingerprint density at radius 1 is 0.574 bits per heavy atom. The number of rotatable bonds is 8. The molecule has 8 nitrogen and oxygen atoms in total. The lowest BCUT2D eigenvalue weighted by Gasteiger charge is -2.12. The summed E-state index contributed by atoms with van der Waals surface area (Å²) in [6, 6.07) is 13.0. The average Bonchev–Trinajstić information content (AvgIpc) is 3.01. The van der Waals surface area contributed by atoms with Crippen LogP contribution in [0.3, 0.4) is 0 Å². The molecule has 0 aliphatic rings. The van der Waals surface area contributed by atoms with E-state index in [0.29, 0.717) is 16.7 Å². The minimum Gasteiger partial charge on any atom is -0.422 e. The summed E-state index contributed by atoms with van der Waals surface area (Å²) in [6.07, 6.45) is 0. The van der Waals surface area contributed by atoms with Crippen molar-refractivity contribution in [3.8, 4) is 46.7 Å². The molecule has 0 aliphatic heterocycles. The van der Waals surface area contributed by atoms with Crippen LogP contribution in [0.25, 0.3) is 0 Å². The molecule has 0 aliphatic carbocycles. The van der Waals surface area contributed by atoms with Gasteiger partial charge in [0.05, 0.1) is 11.5 Å². The summed E-state index contributed by atoms with van der Waals surface area (Å²) >= 11 is 0. The standard InChI is InChI=1S/C38H31FO8/c1-22(2)35(40)44-31-17-13-27(20-33(31)46-37(42)24(5)6)10-9-26-11-15-29(30(39)19-26)16-12-28-14-18-32(45-36(41)23(3)4)34(21-28)47-38(43)25(7)8/h11,13-15,17-21,25H,1,3,5H2,2,4,6-8H3. The maximum atomic E-state index is 15.0. The lowest BCUT2D eigenvalue weighted by atomic mass is 10.1. The van der Waals surface area contributed by atoms with Crippen LogP contribution in [-0.4, -0.2) is 23.9 Å². The Morgan fingerprint density at radius 2 is 0.957 bits per heavy atom. The SMILES string of the molecule is C=C(C)C(=O)Oc1ccc(C#Cc2ccc(C#Cc3ccc(OC(=O)C(=C)C)c(OC(=O)C(C)C)c3)c(F)c2)cc1OC(=O)C(=C)C. The molecule has 0 amide bonds. The smallest absolute Gasteiger partial charge is 0.338 e. The highest BCUT2D eigenvalue weighted by atomic mass is 19.1. The molecule has 0 heterocycles. The molecule has 9 heteroatoms. The van der Waals surface area contributed by atoms with Crippen molar-refractivity contribution in [2.75, 3.05) is 0 Å². The van der Waals surface area contributed by atoms with Crippen molar-refractivity contribution in [3.05, 3.63) is 119 Å². The Labute approximate surface area is 272 Å². The Morgan fingerprint density at radius 3 is 1.38 bits per heavy atom. The van der Waals surface area contributed by atoms with Crippen molar-refractivity contribution in [1.82, 2.24) is 0 Å². The molecule has 0 radical (unpaired) electrons. The molecular formula is C38H31FO8. The monoisotopic (exact) mass is 634 g/mol. The number of halogens is 1. The second kappa shape index (κ2) is 15.7. The number of ether oxygens (including phenoxy) is 4. The molecule has 238 valence electrons. The molecule has 3 aromatic rings. The van der Waals surface area contributed by atoms with Gasteiger partial charge in [0.15, 0.2) is 23.0 Å². The van der Waals surface area contributed by atoms with Gasteiger partial charge in [0.25, 0.3) is 0 Å². The molecule has 0 fully saturated rings. The quantitative estimate of drug-likeness (QED) is 0.118. The number of benzene rings is 3. The van der Waals surface area contributed by atoms with Crippen LogP contribution in [0.2, 0.25) is 0 Å². The van der Waals surface area contributed by atoms with E-state index < -0.39 is 35.6 Å². The number of carbonyl (C=O) groups excluding carboxylic acids is 4. The van der Waals surface area contributed by atoms with Gasteiger partial charge < -0.3 is 18.9 Å². The lowest BCUT2D eigenvalue weighted by Crippen LogP contribution is -2.16. The fourth-order valence-corrected chi connectivity index (χ4v) is 3.27. The number of carbonyl (C=O) groups is 4. The fraction of sp³-hybridized carbons (Fsp3) is 0.158. The average molecular weight is 635 g/mol. The minimum atomic E-state index is -0.726. The first-order chi connectivity index (χ1) is 22.1. The zero-order valence-electron chi connectivity index (χ0n) is 26.5. The molecule has 0 spiro atoms. The van der Waals surface area contributed by atoms with E-state index in [9.17, 15) is 23.6 Å². The van der Waals surface area contributed by atoms with Gasteiger partial charge in [-0.15, -0.1) is 0 Å². The Hall–Kier alpha value is -6.19. The number of hydrogen-bond acceptors (Lipinski definition) is 8. The van der Waals surface area contributed by atoms with Gasteiger partial charge in [-0.3, -0.25) is 4.79 Å². The van der Waals surface area contributed by atoms with E-state index in [4.69, 9.17) is 18.9 Å². The maximum absolute atomic E-state index is 15.0. The van der Waals surface area contributed by atoms with E-state index in [2.05, 4.69) is 43.4 Å². The summed E-state index contributed by atoms with van der Waals surface area (Å²) in [5.41, 5.74) is 1.61. The zero-order chi connectivity index (χ0) is 34.8. The van der Waals surface area contributed by atoms with Crippen LogP contribution in [0.15, 0.2) is 91.1 Å². The van der Waals surface area contributed by atoms with Crippen LogP contribution in [-0.2, 0) is 19.2 Å². The van der Waals surface area contributed by atoms with E-state index in [0.717, 1.165) is 0 Å². The summed E-state index contributed by atoms with van der Waals surface area (Å²) in [6.45, 7) is 18.4. The van der Waals surface area contributed by atoms with Crippen LogP contribution in [0.5, 0.6) is 23.0 Å². The molecule has 0 unspecified atom stereocenters. The van der Waals surface area contributed by atoms with E-state index >= 15 is 0 Å². The third kappa shape index (κ3) is 10.2. The second-order valence-corrected chi connectivity index (χ2v) is 10.6. The molecule has 3 rings (SSSR count). The van der Waals surface area contributed by atoms with Gasteiger partial charge in [-0.25, -0.2) is 18.8 Å². The van der Waals surface area contributed by atoms with Crippen molar-refractivity contribution in [3.63, 3.8) is 0 Å². The Balaban J connectivity index is 1.88. The number of esters is 4. The van der Waals surface area contributed by atoms with Gasteiger partial charge >= 0.3 is 23.9 Å². The van der Waals surface area contributed by atoms with Gasteiger partial charge in [-0.2, -0.15) is 0 Å². The highest BCUT2D eigenvalue weighted by molar-refractivity contribution is 5.91. The molecule has 0 saturated heterocycles. The molecule has 0 saturated carbocycles. The van der Waals surface area contributed by atoms with E-state index in [1.165, 1.54) is 63.2 Å². The highest BCUT2D eigenvalue weighted by Crippen LogP contribution is 2.31.